The molecule has 0 fully saturated rings. The van der Waals surface area contributed by atoms with Crippen molar-refractivity contribution in [1.82, 2.24) is 24.8 Å². The van der Waals surface area contributed by atoms with E-state index in [1.54, 1.807) is 44.8 Å². The smallest absolute Gasteiger partial charge is 0.264 e. The summed E-state index contributed by atoms with van der Waals surface area (Å²) in [5.41, 5.74) is 1.60. The lowest BCUT2D eigenvalue weighted by atomic mass is 9.87. The topological polar surface area (TPSA) is 128 Å². The average Bonchev–Trinajstić information content (AvgIpc) is 3.14. The minimum atomic E-state index is -0.540. The summed E-state index contributed by atoms with van der Waals surface area (Å²) >= 11 is 0. The van der Waals surface area contributed by atoms with Crippen molar-refractivity contribution in [3.8, 4) is 6.07 Å². The van der Waals surface area contributed by atoms with Gasteiger partial charge in [0.2, 0.25) is 0 Å². The van der Waals surface area contributed by atoms with Crippen LogP contribution in [0, 0.1) is 16.7 Å². The maximum atomic E-state index is 12.7. The quantitative estimate of drug-likeness (QED) is 0.370. The summed E-state index contributed by atoms with van der Waals surface area (Å²) in [5, 5.41) is 12.3. The van der Waals surface area contributed by atoms with Crippen molar-refractivity contribution in [3.05, 3.63) is 47.4 Å². The molecule has 3 rings (SSSR count). The van der Waals surface area contributed by atoms with Gasteiger partial charge < -0.3 is 15.2 Å². The van der Waals surface area contributed by atoms with Crippen LogP contribution < -0.4 is 5.32 Å². The molecule has 0 aliphatic carbocycles. The van der Waals surface area contributed by atoms with Crippen molar-refractivity contribution in [2.24, 2.45) is 5.41 Å². The Bertz CT molecular complexity index is 1210. The average molecular weight is 417 g/mol. The van der Waals surface area contributed by atoms with Crippen LogP contribution in [0.2, 0.25) is 0 Å². The van der Waals surface area contributed by atoms with Gasteiger partial charge in [-0.05, 0) is 23.8 Å². The molecule has 3 aromatic heterocycles. The molecule has 0 bridgehead atoms. The van der Waals surface area contributed by atoms with Crippen molar-refractivity contribution < 1.29 is 9.59 Å². The first-order valence-corrected chi connectivity index (χ1v) is 9.55. The lowest BCUT2D eigenvalue weighted by Crippen LogP contribution is -2.22. The van der Waals surface area contributed by atoms with E-state index >= 15 is 0 Å². The molecule has 0 saturated carbocycles. The maximum absolute atomic E-state index is 12.7. The number of aromatic amines is 1. The van der Waals surface area contributed by atoms with Gasteiger partial charge in [-0.15, -0.1) is 0 Å². The monoisotopic (exact) mass is 417 g/mol. The molecule has 0 unspecified atom stereocenters. The second-order valence-corrected chi connectivity index (χ2v) is 8.21. The summed E-state index contributed by atoms with van der Waals surface area (Å²) in [6, 6.07) is 5.33. The van der Waals surface area contributed by atoms with E-state index in [1.807, 2.05) is 26.8 Å². The van der Waals surface area contributed by atoms with Crippen molar-refractivity contribution in [3.63, 3.8) is 0 Å². The number of carbonyl (C=O) groups excluding carboxylic acids is 2. The van der Waals surface area contributed by atoms with Gasteiger partial charge in [0.05, 0.1) is 11.8 Å². The maximum Gasteiger partial charge on any atom is 0.264 e. The zero-order valence-corrected chi connectivity index (χ0v) is 18.0. The Labute approximate surface area is 179 Å². The molecule has 0 spiro atoms. The Hall–Kier alpha value is -4.06. The molecule has 9 nitrogen and oxygen atoms in total. The highest BCUT2D eigenvalue weighted by atomic mass is 16.2. The number of hydrogen-bond donors (Lipinski definition) is 2. The molecule has 9 heteroatoms. The lowest BCUT2D eigenvalue weighted by molar-refractivity contribution is -0.124. The normalized spacial score (nSPS) is 11.8. The summed E-state index contributed by atoms with van der Waals surface area (Å²) in [4.78, 5) is 42.1. The zero-order valence-electron chi connectivity index (χ0n) is 18.0. The molecule has 158 valence electrons. The van der Waals surface area contributed by atoms with E-state index in [0.717, 1.165) is 0 Å². The highest BCUT2D eigenvalue weighted by Gasteiger charge is 2.26. The van der Waals surface area contributed by atoms with E-state index in [0.29, 0.717) is 33.9 Å². The number of hydrogen-bond acceptors (Lipinski definition) is 7. The first-order valence-electron chi connectivity index (χ1n) is 9.55. The molecule has 0 aliphatic rings. The number of aromatic nitrogens is 4. The third-order valence-electron chi connectivity index (χ3n) is 4.42. The second-order valence-electron chi connectivity index (χ2n) is 8.21. The van der Waals surface area contributed by atoms with Crippen LogP contribution in [-0.2, 0) is 4.79 Å². The van der Waals surface area contributed by atoms with E-state index in [-0.39, 0.29) is 17.3 Å². The first kappa shape index (κ1) is 21.6. The number of fused-ring (bicyclic) bond motifs is 1. The Morgan fingerprint density at radius 2 is 1.90 bits per heavy atom. The van der Waals surface area contributed by atoms with Crippen LogP contribution in [0.1, 0.15) is 36.7 Å². The molecular formula is C22H23N7O2. The van der Waals surface area contributed by atoms with E-state index in [4.69, 9.17) is 0 Å². The number of nitrogens with one attached hydrogen (secondary N) is 2. The second kappa shape index (κ2) is 8.36. The van der Waals surface area contributed by atoms with Crippen LogP contribution in [-0.4, -0.2) is 50.6 Å². The lowest BCUT2D eigenvalue weighted by Gasteiger charge is -2.15. The van der Waals surface area contributed by atoms with Gasteiger partial charge in [-0.25, -0.2) is 15.0 Å². The molecule has 0 saturated heterocycles. The van der Waals surface area contributed by atoms with Gasteiger partial charge in [-0.1, -0.05) is 20.8 Å². The predicted molar refractivity (Wildman–Crippen MR) is 117 cm³/mol. The summed E-state index contributed by atoms with van der Waals surface area (Å²) < 4.78 is 0. The number of H-pyrrole nitrogens is 1. The van der Waals surface area contributed by atoms with Gasteiger partial charge in [0.1, 0.15) is 23.0 Å². The van der Waals surface area contributed by atoms with E-state index in [1.165, 1.54) is 11.0 Å². The van der Waals surface area contributed by atoms with Crippen LogP contribution in [0.5, 0.6) is 0 Å². The predicted octanol–water partition coefficient (Wildman–Crippen LogP) is 3.32. The fourth-order valence-corrected chi connectivity index (χ4v) is 2.77. The standard InChI is InChI=1S/C22H23N7O2/c1-22(2,3)19(30)15-11-25-20-18(15)28-17(12-26-20)27-16-7-6-13(10-24-16)8-14(9-23)21(31)29(4)5/h6-8,10-12H,1-5H3,(H,25,26)(H,24,27,28)/b14-8-. The molecule has 0 atom stereocenters. The highest BCUT2D eigenvalue weighted by molar-refractivity contribution is 6.08. The minimum absolute atomic E-state index is 0.0207. The molecule has 0 radical (unpaired) electrons. The summed E-state index contributed by atoms with van der Waals surface area (Å²) in [5.74, 6) is 0.536. The first-order chi connectivity index (χ1) is 14.6. The number of ketones is 1. The summed E-state index contributed by atoms with van der Waals surface area (Å²) in [7, 11) is 3.17. The summed E-state index contributed by atoms with van der Waals surface area (Å²) in [6.45, 7) is 5.56. The Morgan fingerprint density at radius 3 is 2.48 bits per heavy atom. The van der Waals surface area contributed by atoms with Crippen molar-refractivity contribution >= 4 is 40.6 Å². The van der Waals surface area contributed by atoms with Gasteiger partial charge in [0, 0.05) is 31.9 Å². The number of anilines is 2. The largest absolute Gasteiger partial charge is 0.344 e. The third kappa shape index (κ3) is 4.75. The number of amides is 1. The van der Waals surface area contributed by atoms with Crippen molar-refractivity contribution in [1.29, 1.82) is 5.26 Å². The van der Waals surface area contributed by atoms with Crippen LogP contribution in [0.15, 0.2) is 36.3 Å². The van der Waals surface area contributed by atoms with Crippen LogP contribution in [0.4, 0.5) is 11.6 Å². The van der Waals surface area contributed by atoms with Gasteiger partial charge in [0.15, 0.2) is 17.2 Å². The number of nitrogens with zero attached hydrogens (tertiary/aromatic N) is 5. The van der Waals surface area contributed by atoms with Crippen LogP contribution in [0.25, 0.3) is 17.2 Å². The number of pyridine rings is 1. The zero-order chi connectivity index (χ0) is 22.8. The highest BCUT2D eigenvalue weighted by Crippen LogP contribution is 2.26. The third-order valence-corrected chi connectivity index (χ3v) is 4.42. The molecule has 0 aliphatic heterocycles. The molecule has 1 amide bonds. The van der Waals surface area contributed by atoms with E-state index < -0.39 is 5.41 Å². The minimum Gasteiger partial charge on any atom is -0.344 e. The van der Waals surface area contributed by atoms with Crippen molar-refractivity contribution in [2.75, 3.05) is 19.4 Å². The molecule has 3 heterocycles. The number of nitriles is 1. The summed E-state index contributed by atoms with van der Waals surface area (Å²) in [6.07, 6.45) is 6.20. The fraction of sp³-hybridized carbons (Fsp3) is 0.273. The Morgan fingerprint density at radius 1 is 1.16 bits per heavy atom. The molecular weight excluding hydrogens is 394 g/mol. The van der Waals surface area contributed by atoms with Gasteiger partial charge in [0.25, 0.3) is 5.91 Å². The number of rotatable bonds is 5. The molecule has 31 heavy (non-hydrogen) atoms. The van der Waals surface area contributed by atoms with Gasteiger partial charge >= 0.3 is 0 Å². The number of carbonyl (C=O) groups is 2. The SMILES string of the molecule is CN(C)C(=O)/C(C#N)=C\c1ccc(Nc2cnc3[nH]cc(C(=O)C(C)(C)C)c3n2)nc1. The van der Waals surface area contributed by atoms with Crippen LogP contribution in [0.3, 0.4) is 0 Å². The van der Waals surface area contributed by atoms with E-state index in [2.05, 4.69) is 25.3 Å². The van der Waals surface area contributed by atoms with Gasteiger partial charge in [-0.2, -0.15) is 5.26 Å². The van der Waals surface area contributed by atoms with E-state index in [9.17, 15) is 14.9 Å². The molecule has 0 aromatic carbocycles. The van der Waals surface area contributed by atoms with Crippen molar-refractivity contribution in [2.45, 2.75) is 20.8 Å². The molecule has 2 N–H and O–H groups in total. The van der Waals surface area contributed by atoms with Crippen LogP contribution >= 0.6 is 0 Å². The number of likely N-dealkylation sites (N-methyl/N-ethyl adjacent to an activating group) is 1. The Kier molecular flexibility index (Phi) is 5.83. The van der Waals surface area contributed by atoms with Gasteiger partial charge in [-0.3, -0.25) is 9.59 Å². The fourth-order valence-electron chi connectivity index (χ4n) is 2.77. The Balaban J connectivity index is 1.84. The number of Topliss-reactive ketones (excluding diaryl/α,β-unsaturated/α-hetero) is 1. The molecule has 3 aromatic rings.